The first-order valence-electron chi connectivity index (χ1n) is 6.95. The number of carbonyl (C=O) groups is 2. The van der Waals surface area contributed by atoms with E-state index in [1.54, 1.807) is 0 Å². The molecular weight excluding hydrogens is 277 g/mol. The van der Waals surface area contributed by atoms with E-state index in [0.29, 0.717) is 12.8 Å². The lowest BCUT2D eigenvalue weighted by atomic mass is 9.74. The zero-order valence-electron chi connectivity index (χ0n) is 11.6. The Morgan fingerprint density at radius 2 is 1.90 bits per heavy atom. The van der Waals surface area contributed by atoms with E-state index in [-0.39, 0.29) is 17.9 Å². The molecule has 21 heavy (non-hydrogen) atoms. The predicted molar refractivity (Wildman–Crippen MR) is 73.6 cm³/mol. The lowest BCUT2D eigenvalue weighted by Gasteiger charge is -2.33. The molecule has 1 aliphatic rings. The number of aliphatic carboxylic acids is 1. The van der Waals surface area contributed by atoms with E-state index in [4.69, 9.17) is 5.11 Å². The second kappa shape index (κ2) is 6.11. The quantitative estimate of drug-likeness (QED) is 0.795. The van der Waals surface area contributed by atoms with Gasteiger partial charge in [0.2, 0.25) is 0 Å². The van der Waals surface area contributed by atoms with Crippen molar-refractivity contribution in [2.24, 2.45) is 5.41 Å². The summed E-state index contributed by atoms with van der Waals surface area (Å²) < 4.78 is 13.6. The van der Waals surface area contributed by atoms with Gasteiger partial charge in [-0.1, -0.05) is 19.3 Å². The Kier molecular flexibility index (Phi) is 4.45. The van der Waals surface area contributed by atoms with Crippen LogP contribution in [0.1, 0.15) is 42.5 Å². The van der Waals surface area contributed by atoms with Gasteiger partial charge in [0.05, 0.1) is 11.0 Å². The van der Waals surface area contributed by atoms with Gasteiger partial charge in [-0.05, 0) is 25.0 Å². The summed E-state index contributed by atoms with van der Waals surface area (Å²) in [6.07, 6.45) is 3.66. The molecule has 0 radical (unpaired) electrons. The number of aromatic hydroxyl groups is 1. The number of hydrogen-bond acceptors (Lipinski definition) is 3. The van der Waals surface area contributed by atoms with E-state index in [0.717, 1.165) is 25.3 Å². The third kappa shape index (κ3) is 3.32. The summed E-state index contributed by atoms with van der Waals surface area (Å²) in [6.45, 7) is -0.0124. The minimum absolute atomic E-state index is 0.0124. The molecule has 5 nitrogen and oxygen atoms in total. The molecule has 1 aromatic carbocycles. The maximum Gasteiger partial charge on any atom is 0.311 e. The number of halogens is 1. The Bertz CT molecular complexity index is 553. The summed E-state index contributed by atoms with van der Waals surface area (Å²) >= 11 is 0. The highest BCUT2D eigenvalue weighted by molar-refractivity contribution is 5.95. The second-order valence-corrected chi connectivity index (χ2v) is 5.49. The summed E-state index contributed by atoms with van der Waals surface area (Å²) in [5.41, 5.74) is -1.16. The Hall–Kier alpha value is -2.11. The van der Waals surface area contributed by atoms with Crippen molar-refractivity contribution in [2.45, 2.75) is 32.1 Å². The fourth-order valence-electron chi connectivity index (χ4n) is 2.73. The number of carboxylic acid groups (broad SMARTS) is 1. The second-order valence-electron chi connectivity index (χ2n) is 5.49. The summed E-state index contributed by atoms with van der Waals surface area (Å²) in [7, 11) is 0. The van der Waals surface area contributed by atoms with E-state index in [2.05, 4.69) is 5.32 Å². The number of carboxylic acids is 1. The van der Waals surface area contributed by atoms with Crippen molar-refractivity contribution >= 4 is 11.9 Å². The monoisotopic (exact) mass is 295 g/mol. The first-order valence-corrected chi connectivity index (χ1v) is 6.95. The van der Waals surface area contributed by atoms with Crippen LogP contribution in [0.5, 0.6) is 5.75 Å². The van der Waals surface area contributed by atoms with Crippen LogP contribution in [0.3, 0.4) is 0 Å². The molecule has 0 saturated heterocycles. The zero-order valence-corrected chi connectivity index (χ0v) is 11.6. The molecule has 1 aliphatic carbocycles. The van der Waals surface area contributed by atoms with Gasteiger partial charge < -0.3 is 15.5 Å². The van der Waals surface area contributed by atoms with Crippen molar-refractivity contribution in [1.29, 1.82) is 0 Å². The Balaban J connectivity index is 2.07. The van der Waals surface area contributed by atoms with Gasteiger partial charge >= 0.3 is 5.97 Å². The number of phenolic OH excluding ortho intramolecular Hbond substituents is 1. The lowest BCUT2D eigenvalue weighted by molar-refractivity contribution is -0.150. The molecule has 0 spiro atoms. The van der Waals surface area contributed by atoms with Crippen molar-refractivity contribution in [2.75, 3.05) is 6.54 Å². The minimum Gasteiger partial charge on any atom is -0.508 e. The lowest BCUT2D eigenvalue weighted by Crippen LogP contribution is -2.44. The Labute approximate surface area is 121 Å². The first kappa shape index (κ1) is 15.3. The molecule has 0 heterocycles. The van der Waals surface area contributed by atoms with E-state index in [1.807, 2.05) is 0 Å². The smallest absolute Gasteiger partial charge is 0.311 e. The maximum absolute atomic E-state index is 13.6. The van der Waals surface area contributed by atoms with Crippen molar-refractivity contribution in [1.82, 2.24) is 5.32 Å². The van der Waals surface area contributed by atoms with Crippen LogP contribution in [-0.2, 0) is 4.79 Å². The van der Waals surface area contributed by atoms with Gasteiger partial charge in [0, 0.05) is 12.6 Å². The molecule has 6 heteroatoms. The number of amides is 1. The SMILES string of the molecule is O=C(NCC1(C(=O)O)CCCCC1)c1ccc(O)cc1F. The van der Waals surface area contributed by atoms with Crippen LogP contribution in [0.15, 0.2) is 18.2 Å². The van der Waals surface area contributed by atoms with Crippen molar-refractivity contribution < 1.29 is 24.2 Å². The molecule has 114 valence electrons. The molecule has 3 N–H and O–H groups in total. The average Bonchev–Trinajstić information content (AvgIpc) is 2.45. The summed E-state index contributed by atoms with van der Waals surface area (Å²) in [5.74, 6) is -2.69. The van der Waals surface area contributed by atoms with Crippen molar-refractivity contribution in [3.8, 4) is 5.75 Å². The van der Waals surface area contributed by atoms with Gasteiger partial charge in [0.25, 0.3) is 5.91 Å². The predicted octanol–water partition coefficient (Wildman–Crippen LogP) is 2.30. The molecule has 0 aromatic heterocycles. The van der Waals surface area contributed by atoms with Crippen LogP contribution in [0.25, 0.3) is 0 Å². The molecular formula is C15H18FNO4. The van der Waals surface area contributed by atoms with Crippen LogP contribution >= 0.6 is 0 Å². The van der Waals surface area contributed by atoms with Crippen LogP contribution in [0, 0.1) is 11.2 Å². The summed E-state index contributed by atoms with van der Waals surface area (Å²) in [4.78, 5) is 23.4. The molecule has 1 saturated carbocycles. The van der Waals surface area contributed by atoms with Crippen LogP contribution in [0.2, 0.25) is 0 Å². The Morgan fingerprint density at radius 3 is 2.48 bits per heavy atom. The van der Waals surface area contributed by atoms with Gasteiger partial charge in [0.1, 0.15) is 11.6 Å². The molecule has 0 unspecified atom stereocenters. The molecule has 2 rings (SSSR count). The number of hydrogen-bond donors (Lipinski definition) is 3. The third-order valence-corrected chi connectivity index (χ3v) is 4.05. The number of benzene rings is 1. The zero-order chi connectivity index (χ0) is 15.5. The Morgan fingerprint density at radius 1 is 1.24 bits per heavy atom. The van der Waals surface area contributed by atoms with E-state index < -0.39 is 23.1 Å². The normalized spacial score (nSPS) is 17.2. The molecule has 0 atom stereocenters. The molecule has 1 amide bonds. The van der Waals surface area contributed by atoms with Gasteiger partial charge in [0.15, 0.2) is 0 Å². The van der Waals surface area contributed by atoms with Gasteiger partial charge in [-0.3, -0.25) is 9.59 Å². The average molecular weight is 295 g/mol. The standard InChI is InChI=1S/C15H18FNO4/c16-12-8-10(18)4-5-11(12)13(19)17-9-15(14(20)21)6-2-1-3-7-15/h4-5,8,18H,1-3,6-7,9H2,(H,17,19)(H,20,21). The minimum atomic E-state index is -0.957. The summed E-state index contributed by atoms with van der Waals surface area (Å²) in [6, 6.07) is 3.24. The van der Waals surface area contributed by atoms with Crippen molar-refractivity contribution in [3.05, 3.63) is 29.6 Å². The molecule has 0 bridgehead atoms. The number of nitrogens with one attached hydrogen (secondary N) is 1. The highest BCUT2D eigenvalue weighted by Crippen LogP contribution is 2.36. The van der Waals surface area contributed by atoms with Crippen LogP contribution < -0.4 is 5.32 Å². The number of phenols is 1. The van der Waals surface area contributed by atoms with E-state index in [9.17, 15) is 19.1 Å². The maximum atomic E-state index is 13.6. The highest BCUT2D eigenvalue weighted by atomic mass is 19.1. The number of carbonyl (C=O) groups excluding carboxylic acids is 1. The van der Waals surface area contributed by atoms with Gasteiger partial charge in [-0.15, -0.1) is 0 Å². The van der Waals surface area contributed by atoms with E-state index >= 15 is 0 Å². The molecule has 1 aromatic rings. The van der Waals surface area contributed by atoms with Crippen LogP contribution in [-0.4, -0.2) is 28.6 Å². The van der Waals surface area contributed by atoms with Gasteiger partial charge in [-0.2, -0.15) is 0 Å². The van der Waals surface area contributed by atoms with E-state index in [1.165, 1.54) is 12.1 Å². The fraction of sp³-hybridized carbons (Fsp3) is 0.467. The highest BCUT2D eigenvalue weighted by Gasteiger charge is 2.39. The van der Waals surface area contributed by atoms with Gasteiger partial charge in [-0.25, -0.2) is 4.39 Å². The fourth-order valence-corrected chi connectivity index (χ4v) is 2.73. The largest absolute Gasteiger partial charge is 0.508 e. The third-order valence-electron chi connectivity index (χ3n) is 4.05. The number of rotatable bonds is 4. The van der Waals surface area contributed by atoms with Crippen molar-refractivity contribution in [3.63, 3.8) is 0 Å². The topological polar surface area (TPSA) is 86.6 Å². The summed E-state index contributed by atoms with van der Waals surface area (Å²) in [5, 5.41) is 21.0. The molecule has 0 aliphatic heterocycles. The molecule has 1 fully saturated rings. The first-order chi connectivity index (χ1) is 9.94. The van der Waals surface area contributed by atoms with Crippen LogP contribution in [0.4, 0.5) is 4.39 Å².